The molecule has 2 atom stereocenters. The van der Waals surface area contributed by atoms with Crippen molar-refractivity contribution in [2.24, 2.45) is 0 Å². The van der Waals surface area contributed by atoms with Crippen LogP contribution in [0.15, 0.2) is 30.5 Å². The molecule has 0 unspecified atom stereocenters. The van der Waals surface area contributed by atoms with Crippen molar-refractivity contribution in [3.63, 3.8) is 0 Å². The zero-order chi connectivity index (χ0) is 16.6. The fourth-order valence-electron chi connectivity index (χ4n) is 3.11. The molecule has 1 aliphatic rings. The zero-order valence-electron chi connectivity index (χ0n) is 13.3. The summed E-state index contributed by atoms with van der Waals surface area (Å²) in [5.74, 6) is -0.907. The number of β-amino-alcohol motifs (C(OH)–C–C–N with tert-alkyl or cyclic N) is 1. The van der Waals surface area contributed by atoms with Crippen LogP contribution >= 0.6 is 0 Å². The van der Waals surface area contributed by atoms with E-state index in [-0.39, 0.29) is 12.1 Å². The number of likely N-dealkylation sites (tertiary alicyclic amines) is 1. The van der Waals surface area contributed by atoms with Crippen LogP contribution in [-0.4, -0.2) is 32.4 Å². The van der Waals surface area contributed by atoms with Gasteiger partial charge in [0.15, 0.2) is 0 Å². The van der Waals surface area contributed by atoms with E-state index in [4.69, 9.17) is 0 Å². The molecule has 23 heavy (non-hydrogen) atoms. The summed E-state index contributed by atoms with van der Waals surface area (Å²) in [4.78, 5) is 1.95. The van der Waals surface area contributed by atoms with Crippen molar-refractivity contribution in [1.29, 1.82) is 0 Å². The van der Waals surface area contributed by atoms with Gasteiger partial charge in [0.2, 0.25) is 0 Å². The van der Waals surface area contributed by atoms with Crippen molar-refractivity contribution >= 4 is 0 Å². The van der Waals surface area contributed by atoms with E-state index in [1.165, 1.54) is 6.07 Å². The SMILES string of the molecule is CC(C)n1ccc(CN2C[C@H](O)C[C@@H]2c2cc(F)ccc2F)n1. The highest BCUT2D eigenvalue weighted by Gasteiger charge is 2.34. The molecule has 1 saturated heterocycles. The molecule has 0 aliphatic carbocycles. The minimum absolute atomic E-state index is 0.268. The molecule has 1 fully saturated rings. The fourth-order valence-corrected chi connectivity index (χ4v) is 3.11. The Kier molecular flexibility index (Phi) is 4.46. The maximum atomic E-state index is 14.1. The second kappa shape index (κ2) is 6.37. The van der Waals surface area contributed by atoms with Gasteiger partial charge in [-0.15, -0.1) is 0 Å². The second-order valence-electron chi connectivity index (χ2n) is 6.38. The van der Waals surface area contributed by atoms with Gasteiger partial charge in [-0.05, 0) is 44.5 Å². The molecule has 2 heterocycles. The van der Waals surface area contributed by atoms with Crippen molar-refractivity contribution in [1.82, 2.24) is 14.7 Å². The van der Waals surface area contributed by atoms with E-state index < -0.39 is 17.7 Å². The molecule has 0 radical (unpaired) electrons. The van der Waals surface area contributed by atoms with Crippen molar-refractivity contribution in [2.75, 3.05) is 6.54 Å². The summed E-state index contributed by atoms with van der Waals surface area (Å²) in [6.45, 7) is 5.01. The summed E-state index contributed by atoms with van der Waals surface area (Å²) in [6, 6.07) is 5.32. The number of aliphatic hydroxyl groups is 1. The van der Waals surface area contributed by atoms with E-state index in [0.29, 0.717) is 25.1 Å². The number of rotatable bonds is 4. The third-order valence-corrected chi connectivity index (χ3v) is 4.26. The molecule has 6 heteroatoms. The normalized spacial score (nSPS) is 22.2. The van der Waals surface area contributed by atoms with Gasteiger partial charge in [0.1, 0.15) is 11.6 Å². The van der Waals surface area contributed by atoms with Gasteiger partial charge >= 0.3 is 0 Å². The molecule has 1 aromatic heterocycles. The van der Waals surface area contributed by atoms with E-state index in [1.54, 1.807) is 0 Å². The van der Waals surface area contributed by atoms with Crippen LogP contribution in [-0.2, 0) is 6.54 Å². The highest BCUT2D eigenvalue weighted by molar-refractivity contribution is 5.24. The van der Waals surface area contributed by atoms with Gasteiger partial charge in [0.25, 0.3) is 0 Å². The molecular weight excluding hydrogens is 300 g/mol. The Balaban J connectivity index is 1.83. The van der Waals surface area contributed by atoms with Gasteiger partial charge < -0.3 is 5.11 Å². The molecule has 0 bridgehead atoms. The van der Waals surface area contributed by atoms with Gasteiger partial charge in [-0.2, -0.15) is 5.10 Å². The summed E-state index contributed by atoms with van der Waals surface area (Å²) < 4.78 is 29.4. The first-order valence-electron chi connectivity index (χ1n) is 7.85. The molecule has 0 spiro atoms. The van der Waals surface area contributed by atoms with E-state index in [9.17, 15) is 13.9 Å². The molecule has 1 aromatic carbocycles. The van der Waals surface area contributed by atoms with E-state index in [0.717, 1.165) is 17.8 Å². The highest BCUT2D eigenvalue weighted by atomic mass is 19.1. The number of nitrogens with zero attached hydrogens (tertiary/aromatic N) is 3. The number of aromatic nitrogens is 2. The summed E-state index contributed by atoms with van der Waals surface area (Å²) in [5, 5.41) is 14.5. The first-order valence-corrected chi connectivity index (χ1v) is 7.85. The molecule has 124 valence electrons. The van der Waals surface area contributed by atoms with Crippen molar-refractivity contribution in [2.45, 2.75) is 45.0 Å². The fraction of sp³-hybridized carbons (Fsp3) is 0.471. The monoisotopic (exact) mass is 321 g/mol. The second-order valence-corrected chi connectivity index (χ2v) is 6.38. The Labute approximate surface area is 134 Å². The van der Waals surface area contributed by atoms with Crippen LogP contribution < -0.4 is 0 Å². The number of hydrogen-bond donors (Lipinski definition) is 1. The topological polar surface area (TPSA) is 41.3 Å². The first-order chi connectivity index (χ1) is 10.9. The average molecular weight is 321 g/mol. The Morgan fingerprint density at radius 1 is 1.30 bits per heavy atom. The van der Waals surface area contributed by atoms with E-state index in [1.807, 2.05) is 35.7 Å². The van der Waals surface area contributed by atoms with Crippen LogP contribution in [0.3, 0.4) is 0 Å². The molecular formula is C17H21F2N3O. The molecule has 1 aliphatic heterocycles. The maximum absolute atomic E-state index is 14.1. The Hall–Kier alpha value is -1.79. The minimum Gasteiger partial charge on any atom is -0.392 e. The molecule has 0 saturated carbocycles. The van der Waals surface area contributed by atoms with Crippen molar-refractivity contribution < 1.29 is 13.9 Å². The van der Waals surface area contributed by atoms with Crippen LogP contribution in [0, 0.1) is 11.6 Å². The third-order valence-electron chi connectivity index (χ3n) is 4.26. The lowest BCUT2D eigenvalue weighted by Gasteiger charge is -2.24. The Morgan fingerprint density at radius 3 is 2.78 bits per heavy atom. The summed E-state index contributed by atoms with van der Waals surface area (Å²) >= 11 is 0. The van der Waals surface area contributed by atoms with Crippen LogP contribution in [0.5, 0.6) is 0 Å². The Bertz CT molecular complexity index is 686. The summed E-state index contributed by atoms with van der Waals surface area (Å²) in [7, 11) is 0. The van der Waals surface area contributed by atoms with Crippen LogP contribution in [0.25, 0.3) is 0 Å². The lowest BCUT2D eigenvalue weighted by Crippen LogP contribution is -2.25. The average Bonchev–Trinajstić information content (AvgIpc) is 3.09. The summed E-state index contributed by atoms with van der Waals surface area (Å²) in [5.41, 5.74) is 1.15. The predicted octanol–water partition coefficient (Wildman–Crippen LogP) is 3.05. The molecule has 4 nitrogen and oxygen atoms in total. The van der Waals surface area contributed by atoms with Gasteiger partial charge in [-0.3, -0.25) is 9.58 Å². The summed E-state index contributed by atoms with van der Waals surface area (Å²) in [6.07, 6.45) is 1.75. The lowest BCUT2D eigenvalue weighted by atomic mass is 10.0. The van der Waals surface area contributed by atoms with Gasteiger partial charge in [-0.25, -0.2) is 8.78 Å². The third kappa shape index (κ3) is 3.43. The molecule has 2 aromatic rings. The lowest BCUT2D eigenvalue weighted by molar-refractivity contribution is 0.171. The highest BCUT2D eigenvalue weighted by Crippen LogP contribution is 2.35. The number of aliphatic hydroxyl groups excluding tert-OH is 1. The van der Waals surface area contributed by atoms with Crippen LogP contribution in [0.1, 0.15) is 43.6 Å². The smallest absolute Gasteiger partial charge is 0.128 e. The van der Waals surface area contributed by atoms with E-state index in [2.05, 4.69) is 5.10 Å². The van der Waals surface area contributed by atoms with Crippen LogP contribution in [0.4, 0.5) is 8.78 Å². The predicted molar refractivity (Wildman–Crippen MR) is 82.7 cm³/mol. The molecule has 0 amide bonds. The molecule has 1 N–H and O–H groups in total. The van der Waals surface area contributed by atoms with Crippen LogP contribution in [0.2, 0.25) is 0 Å². The quantitative estimate of drug-likeness (QED) is 0.941. The maximum Gasteiger partial charge on any atom is 0.128 e. The minimum atomic E-state index is -0.546. The van der Waals surface area contributed by atoms with Gasteiger partial charge in [-0.1, -0.05) is 0 Å². The number of hydrogen-bond acceptors (Lipinski definition) is 3. The zero-order valence-corrected chi connectivity index (χ0v) is 13.3. The largest absolute Gasteiger partial charge is 0.392 e. The first kappa shape index (κ1) is 16.1. The van der Waals surface area contributed by atoms with Gasteiger partial charge in [0, 0.05) is 36.9 Å². The Morgan fingerprint density at radius 2 is 2.09 bits per heavy atom. The van der Waals surface area contributed by atoms with Gasteiger partial charge in [0.05, 0.1) is 11.8 Å². The number of benzene rings is 1. The standard InChI is InChI=1S/C17H21F2N3O/c1-11(2)22-6-5-13(20-22)9-21-10-14(23)8-17(21)15-7-12(18)3-4-16(15)19/h3-7,11,14,17,23H,8-10H2,1-2H3/t14-,17-/m1/s1. The molecule has 3 rings (SSSR count). The van der Waals surface area contributed by atoms with E-state index >= 15 is 0 Å². The van der Waals surface area contributed by atoms with Crippen molar-refractivity contribution in [3.8, 4) is 0 Å². The van der Waals surface area contributed by atoms with Crippen molar-refractivity contribution in [3.05, 3.63) is 53.4 Å². The number of halogens is 2.